The lowest BCUT2D eigenvalue weighted by atomic mass is 9.89. The first-order chi connectivity index (χ1) is 16.2. The normalized spacial score (nSPS) is 18.8. The summed E-state index contributed by atoms with van der Waals surface area (Å²) in [5.41, 5.74) is 4.50. The average Bonchev–Trinajstić information content (AvgIpc) is 3.40. The minimum atomic E-state index is -0.0895. The molecule has 0 bridgehead atoms. The fourth-order valence-electron chi connectivity index (χ4n) is 4.67. The van der Waals surface area contributed by atoms with E-state index in [9.17, 15) is 0 Å². The number of hydrogen-bond acceptors (Lipinski definition) is 5. The van der Waals surface area contributed by atoms with Gasteiger partial charge < -0.3 is 9.15 Å². The minimum Gasteiger partial charge on any atom is -0.485 e. The summed E-state index contributed by atoms with van der Waals surface area (Å²) < 4.78 is 12.2. The van der Waals surface area contributed by atoms with Gasteiger partial charge in [-0.05, 0) is 41.9 Å². The maximum absolute atomic E-state index is 6.32. The number of halogens is 1. The van der Waals surface area contributed by atoms with Gasteiger partial charge in [-0.3, -0.25) is 0 Å². The van der Waals surface area contributed by atoms with Crippen molar-refractivity contribution >= 4 is 39.1 Å². The molecule has 0 spiro atoms. The number of ether oxygens (including phenoxy) is 1. The number of fused-ring (bicyclic) bond motifs is 6. The Labute approximate surface area is 194 Å². The first-order valence-electron chi connectivity index (χ1n) is 10.7. The largest absolute Gasteiger partial charge is 0.485 e. The summed E-state index contributed by atoms with van der Waals surface area (Å²) in [5, 5.41) is 2.28. The molecule has 1 aliphatic carbocycles. The molecule has 2 atom stereocenters. The van der Waals surface area contributed by atoms with E-state index in [0.29, 0.717) is 11.6 Å². The summed E-state index contributed by atoms with van der Waals surface area (Å²) in [6.45, 7) is 0. The maximum atomic E-state index is 6.32. The van der Waals surface area contributed by atoms with Crippen molar-refractivity contribution in [3.63, 3.8) is 0 Å². The Bertz CT molecular complexity index is 1640. The molecule has 33 heavy (non-hydrogen) atoms. The molecule has 0 saturated carbocycles. The zero-order valence-electron chi connectivity index (χ0n) is 17.3. The smallest absolute Gasteiger partial charge is 0.226 e. The molecular weight excluding hydrogens is 434 g/mol. The van der Waals surface area contributed by atoms with E-state index in [0.717, 1.165) is 38.8 Å². The highest BCUT2D eigenvalue weighted by Crippen LogP contribution is 2.42. The van der Waals surface area contributed by atoms with E-state index in [1.54, 1.807) is 0 Å². The molecule has 0 saturated heterocycles. The third-order valence-corrected chi connectivity index (χ3v) is 6.39. The Hall–Kier alpha value is -3.96. The van der Waals surface area contributed by atoms with Gasteiger partial charge >= 0.3 is 0 Å². The van der Waals surface area contributed by atoms with Crippen LogP contribution in [0.1, 0.15) is 17.3 Å². The number of furan rings is 1. The molecule has 2 unspecified atom stereocenters. The molecule has 5 aromatic rings. The zero-order valence-corrected chi connectivity index (χ0v) is 18.0. The van der Waals surface area contributed by atoms with E-state index in [-0.39, 0.29) is 17.3 Å². The fraction of sp³-hybridized carbons (Fsp3) is 0.0741. The van der Waals surface area contributed by atoms with E-state index >= 15 is 0 Å². The summed E-state index contributed by atoms with van der Waals surface area (Å²) in [7, 11) is 0. The molecule has 158 valence electrons. The quantitative estimate of drug-likeness (QED) is 0.304. The van der Waals surface area contributed by atoms with Crippen molar-refractivity contribution in [2.75, 3.05) is 0 Å². The van der Waals surface area contributed by atoms with Gasteiger partial charge in [0.25, 0.3) is 0 Å². The van der Waals surface area contributed by atoms with Gasteiger partial charge in [-0.1, -0.05) is 54.6 Å². The van der Waals surface area contributed by atoms with Crippen LogP contribution in [0.4, 0.5) is 0 Å². The van der Waals surface area contributed by atoms with Crippen molar-refractivity contribution in [1.29, 1.82) is 0 Å². The predicted octanol–water partition coefficient (Wildman–Crippen LogP) is 6.59. The molecule has 2 aliphatic rings. The molecule has 3 aromatic carbocycles. The molecule has 7 rings (SSSR count). The van der Waals surface area contributed by atoms with Crippen molar-refractivity contribution in [2.45, 2.75) is 12.0 Å². The summed E-state index contributed by atoms with van der Waals surface area (Å²) in [6, 6.07) is 22.1. The van der Waals surface area contributed by atoms with Gasteiger partial charge in [0, 0.05) is 33.4 Å². The maximum Gasteiger partial charge on any atom is 0.226 e. The van der Waals surface area contributed by atoms with Crippen LogP contribution in [0.5, 0.6) is 5.75 Å². The van der Waals surface area contributed by atoms with Crippen LogP contribution in [0.2, 0.25) is 5.28 Å². The third-order valence-electron chi connectivity index (χ3n) is 6.23. The number of benzene rings is 3. The van der Waals surface area contributed by atoms with E-state index in [1.807, 2.05) is 60.7 Å². The molecule has 1 aliphatic heterocycles. The standard InChI is InChI=1S/C27H16ClN3O2/c28-27-30-25(15-9-11-19-17-5-1-3-7-21(17)32-23(19)13-15)29-26(31-27)16-10-12-20-18-6-2-4-8-22(18)33-24(20)14-16/h1-14,19,23H. The van der Waals surface area contributed by atoms with Crippen LogP contribution < -0.4 is 4.74 Å². The Morgan fingerprint density at radius 3 is 2.58 bits per heavy atom. The first kappa shape index (κ1) is 18.6. The average molecular weight is 450 g/mol. The number of hydrogen-bond donors (Lipinski definition) is 0. The lowest BCUT2D eigenvalue weighted by Crippen LogP contribution is -2.18. The monoisotopic (exact) mass is 449 g/mol. The number of allylic oxidation sites excluding steroid dienone is 2. The van der Waals surface area contributed by atoms with Gasteiger partial charge in [-0.2, -0.15) is 9.97 Å². The van der Waals surface area contributed by atoms with Gasteiger partial charge in [0.05, 0.1) is 0 Å². The lowest BCUT2D eigenvalue weighted by molar-refractivity contribution is 0.269. The summed E-state index contributed by atoms with van der Waals surface area (Å²) in [4.78, 5) is 13.5. The highest BCUT2D eigenvalue weighted by molar-refractivity contribution is 6.28. The van der Waals surface area contributed by atoms with Crippen molar-refractivity contribution in [2.24, 2.45) is 0 Å². The van der Waals surface area contributed by atoms with Gasteiger partial charge in [0.15, 0.2) is 11.6 Å². The topological polar surface area (TPSA) is 61.0 Å². The van der Waals surface area contributed by atoms with Crippen molar-refractivity contribution in [3.8, 4) is 17.1 Å². The Balaban J connectivity index is 1.28. The molecule has 2 aromatic heterocycles. The second kappa shape index (κ2) is 7.02. The van der Waals surface area contributed by atoms with Gasteiger partial charge in [0.1, 0.15) is 23.0 Å². The summed E-state index contributed by atoms with van der Waals surface area (Å²) in [5.74, 6) is 2.13. The van der Waals surface area contributed by atoms with Crippen LogP contribution >= 0.6 is 11.6 Å². The van der Waals surface area contributed by atoms with Gasteiger partial charge in [0.2, 0.25) is 5.28 Å². The van der Waals surface area contributed by atoms with Crippen LogP contribution in [0.15, 0.2) is 89.4 Å². The molecule has 0 radical (unpaired) electrons. The van der Waals surface area contributed by atoms with Crippen LogP contribution in [0, 0.1) is 0 Å². The van der Waals surface area contributed by atoms with Crippen molar-refractivity contribution in [1.82, 2.24) is 15.0 Å². The van der Waals surface area contributed by atoms with Gasteiger partial charge in [-0.15, -0.1) is 0 Å². The molecule has 5 nitrogen and oxygen atoms in total. The SMILES string of the molecule is Clc1nc(C2=CC3Oc4ccccc4C3C=C2)nc(-c2ccc3c(c2)oc2ccccc23)n1. The van der Waals surface area contributed by atoms with E-state index in [1.165, 1.54) is 5.56 Å². The molecule has 0 fully saturated rings. The minimum absolute atomic E-state index is 0.0895. The van der Waals surface area contributed by atoms with Crippen molar-refractivity contribution in [3.05, 3.63) is 102 Å². The second-order valence-electron chi connectivity index (χ2n) is 8.19. The number of nitrogens with zero attached hydrogens (tertiary/aromatic N) is 3. The van der Waals surface area contributed by atoms with Gasteiger partial charge in [-0.25, -0.2) is 4.98 Å². The second-order valence-corrected chi connectivity index (χ2v) is 8.53. The van der Waals surface area contributed by atoms with E-state index in [2.05, 4.69) is 34.3 Å². The molecule has 0 amide bonds. The molecular formula is C27H16ClN3O2. The summed E-state index contributed by atoms with van der Waals surface area (Å²) in [6.07, 6.45) is 6.14. The first-order valence-corrected chi connectivity index (χ1v) is 11.1. The predicted molar refractivity (Wildman–Crippen MR) is 128 cm³/mol. The number of aromatic nitrogens is 3. The Kier molecular flexibility index (Phi) is 3.96. The van der Waals surface area contributed by atoms with E-state index in [4.69, 9.17) is 25.7 Å². The van der Waals surface area contributed by atoms with Crippen LogP contribution in [-0.4, -0.2) is 21.1 Å². The van der Waals surface area contributed by atoms with Crippen LogP contribution in [0.25, 0.3) is 38.9 Å². The van der Waals surface area contributed by atoms with Crippen LogP contribution in [-0.2, 0) is 0 Å². The van der Waals surface area contributed by atoms with Crippen LogP contribution in [0.3, 0.4) is 0 Å². The van der Waals surface area contributed by atoms with E-state index < -0.39 is 0 Å². The number of rotatable bonds is 2. The third kappa shape index (κ3) is 2.97. The Morgan fingerprint density at radius 2 is 1.61 bits per heavy atom. The number of para-hydroxylation sites is 2. The molecule has 3 heterocycles. The Morgan fingerprint density at radius 1 is 0.788 bits per heavy atom. The lowest BCUT2D eigenvalue weighted by Gasteiger charge is -2.18. The molecule has 0 N–H and O–H groups in total. The highest BCUT2D eigenvalue weighted by atomic mass is 35.5. The summed E-state index contributed by atoms with van der Waals surface area (Å²) >= 11 is 6.32. The van der Waals surface area contributed by atoms with Crippen molar-refractivity contribution < 1.29 is 9.15 Å². The molecule has 6 heteroatoms. The highest BCUT2D eigenvalue weighted by Gasteiger charge is 2.33. The fourth-order valence-corrected chi connectivity index (χ4v) is 4.83. The zero-order chi connectivity index (χ0) is 21.9.